The number of carbonyl (C=O) groups excluding carboxylic acids is 1. The van der Waals surface area contributed by atoms with E-state index < -0.39 is 19.1 Å². The van der Waals surface area contributed by atoms with Gasteiger partial charge in [0.2, 0.25) is 5.95 Å². The fourth-order valence-corrected chi connectivity index (χ4v) is 4.46. The molecule has 0 saturated carbocycles. The van der Waals surface area contributed by atoms with Gasteiger partial charge >= 0.3 is 0 Å². The number of carbonyl (C=O) groups is 1. The number of hydrogen-bond donors (Lipinski definition) is 3. The van der Waals surface area contributed by atoms with Crippen LogP contribution in [0.25, 0.3) is 11.2 Å². The first kappa shape index (κ1) is 22.8. The normalized spacial score (nSPS) is 14.4. The third kappa shape index (κ3) is 6.08. The highest BCUT2D eigenvalue weighted by atomic mass is 31.2. The minimum Gasteiger partial charge on any atom is -0.369 e. The molecule has 2 heterocycles. The Balaban J connectivity index is 1.62. The molecule has 31 heavy (non-hydrogen) atoms. The molecule has 11 nitrogen and oxygen atoms in total. The third-order valence-electron chi connectivity index (χ3n) is 4.51. The highest BCUT2D eigenvalue weighted by Gasteiger charge is 2.27. The first-order valence-corrected chi connectivity index (χ1v) is 11.4. The van der Waals surface area contributed by atoms with E-state index in [2.05, 4.69) is 20.0 Å². The van der Waals surface area contributed by atoms with Gasteiger partial charge in [0.15, 0.2) is 11.2 Å². The number of Topliss-reactive ketones (excluding diaryl/α,β-unsaturated/α-hetero) is 1. The zero-order valence-electron chi connectivity index (χ0n) is 17.3. The number of hydrogen-bond acceptors (Lipinski definition) is 8. The zero-order chi connectivity index (χ0) is 22.4. The summed E-state index contributed by atoms with van der Waals surface area (Å²) < 4.78 is 26.1. The second-order valence-corrected chi connectivity index (χ2v) is 9.11. The summed E-state index contributed by atoms with van der Waals surface area (Å²) in [6.07, 6.45) is 1.22. The summed E-state index contributed by atoms with van der Waals surface area (Å²) in [6, 6.07) is 8.63. The van der Waals surface area contributed by atoms with Crippen LogP contribution in [0.15, 0.2) is 41.5 Å². The van der Waals surface area contributed by atoms with Gasteiger partial charge in [-0.3, -0.25) is 19.1 Å². The minimum absolute atomic E-state index is 0.0126. The van der Waals surface area contributed by atoms with Crippen LogP contribution < -0.4 is 16.4 Å². The number of imidazole rings is 1. The van der Waals surface area contributed by atoms with Gasteiger partial charge in [-0.15, -0.1) is 0 Å². The van der Waals surface area contributed by atoms with Crippen molar-refractivity contribution < 1.29 is 18.6 Å². The summed E-state index contributed by atoms with van der Waals surface area (Å²) in [6.45, 7) is 3.58. The number of benzene rings is 1. The Morgan fingerprint density at radius 1 is 1.35 bits per heavy atom. The predicted octanol–water partition coefficient (Wildman–Crippen LogP) is 1.65. The average molecular weight is 448 g/mol. The molecule has 2 atom stereocenters. The molecule has 0 fully saturated rings. The highest BCUT2D eigenvalue weighted by Crippen LogP contribution is 2.44. The number of nitrogens with two attached hydrogens (primary N) is 1. The fourth-order valence-electron chi connectivity index (χ4n) is 2.73. The number of rotatable bonds is 11. The first-order chi connectivity index (χ1) is 14.8. The number of ketones is 1. The summed E-state index contributed by atoms with van der Waals surface area (Å²) >= 11 is 0. The lowest BCUT2D eigenvalue weighted by Crippen LogP contribution is -2.32. The van der Waals surface area contributed by atoms with Crippen molar-refractivity contribution in [2.75, 3.05) is 18.7 Å². The van der Waals surface area contributed by atoms with Crippen molar-refractivity contribution in [2.24, 2.45) is 0 Å². The standard InChI is InChI=1S/C19H25N6O5P/c1-13(14(2)26)24-31(28,30-10-15-6-4-3-5-7-15)12-29-9-8-25-11-21-16-17(25)22-19(20)23-18(16)27/h3-7,11,13H,8-10,12H2,1-2H3,(H,24,28)(H3,20,22,23,27). The Labute approximate surface area is 178 Å². The maximum atomic E-state index is 13.3. The summed E-state index contributed by atoms with van der Waals surface area (Å²) in [5.41, 5.74) is 6.51. The third-order valence-corrected chi connectivity index (χ3v) is 6.36. The van der Waals surface area contributed by atoms with E-state index in [1.54, 1.807) is 11.5 Å². The van der Waals surface area contributed by atoms with E-state index in [4.69, 9.17) is 15.0 Å². The van der Waals surface area contributed by atoms with Gasteiger partial charge in [-0.2, -0.15) is 4.98 Å². The summed E-state index contributed by atoms with van der Waals surface area (Å²) in [4.78, 5) is 34.0. The molecule has 2 unspecified atom stereocenters. The van der Waals surface area contributed by atoms with Crippen LogP contribution >= 0.6 is 7.52 Å². The molecule has 1 aromatic carbocycles. The van der Waals surface area contributed by atoms with Crippen LogP contribution in [0.3, 0.4) is 0 Å². The van der Waals surface area contributed by atoms with Crippen LogP contribution in [0.2, 0.25) is 0 Å². The van der Waals surface area contributed by atoms with Crippen LogP contribution in [-0.4, -0.2) is 44.3 Å². The number of fused-ring (bicyclic) bond motifs is 1. The van der Waals surface area contributed by atoms with Gasteiger partial charge in [0, 0.05) is 6.54 Å². The van der Waals surface area contributed by atoms with Crippen molar-refractivity contribution in [1.82, 2.24) is 24.6 Å². The van der Waals surface area contributed by atoms with Gasteiger partial charge in [0.25, 0.3) is 13.1 Å². The molecule has 4 N–H and O–H groups in total. The Hall–Kier alpha value is -2.85. The number of nitrogens with one attached hydrogen (secondary N) is 2. The number of anilines is 1. The average Bonchev–Trinajstić information content (AvgIpc) is 3.13. The van der Waals surface area contributed by atoms with Crippen molar-refractivity contribution >= 4 is 30.4 Å². The molecular formula is C19H25N6O5P. The van der Waals surface area contributed by atoms with Crippen molar-refractivity contribution in [2.45, 2.75) is 33.0 Å². The Morgan fingerprint density at radius 3 is 2.81 bits per heavy atom. The van der Waals surface area contributed by atoms with E-state index in [1.165, 1.54) is 13.3 Å². The van der Waals surface area contributed by atoms with E-state index in [0.29, 0.717) is 12.2 Å². The molecule has 0 spiro atoms. The monoisotopic (exact) mass is 448 g/mol. The summed E-state index contributed by atoms with van der Waals surface area (Å²) in [7, 11) is -3.47. The second kappa shape index (κ2) is 9.97. The van der Waals surface area contributed by atoms with Crippen LogP contribution in [-0.2, 0) is 31.8 Å². The fraction of sp³-hybridized carbons (Fsp3) is 0.368. The maximum Gasteiger partial charge on any atom is 0.295 e. The summed E-state index contributed by atoms with van der Waals surface area (Å²) in [5.74, 6) is -0.177. The van der Waals surface area contributed by atoms with Gasteiger partial charge in [-0.05, 0) is 19.4 Å². The number of H-pyrrole nitrogens is 1. The van der Waals surface area contributed by atoms with E-state index in [0.717, 1.165) is 5.56 Å². The Kier molecular flexibility index (Phi) is 7.34. The van der Waals surface area contributed by atoms with E-state index in [1.807, 2.05) is 30.3 Å². The molecular weight excluding hydrogens is 423 g/mol. The maximum absolute atomic E-state index is 13.3. The van der Waals surface area contributed by atoms with Crippen LogP contribution in [0.1, 0.15) is 19.4 Å². The summed E-state index contributed by atoms with van der Waals surface area (Å²) in [5, 5.41) is 2.77. The SMILES string of the molecule is CC(=O)C(C)NP(=O)(COCCn1cnc2c(=O)[nH]c(N)nc21)OCc1ccccc1. The van der Waals surface area contributed by atoms with Crippen LogP contribution in [0.5, 0.6) is 0 Å². The van der Waals surface area contributed by atoms with Crippen molar-refractivity contribution in [3.8, 4) is 0 Å². The second-order valence-electron chi connectivity index (χ2n) is 6.99. The van der Waals surface area contributed by atoms with Gasteiger partial charge in [-0.25, -0.2) is 10.1 Å². The lowest BCUT2D eigenvalue weighted by Gasteiger charge is -2.22. The van der Waals surface area contributed by atoms with Crippen molar-refractivity contribution in [3.05, 3.63) is 52.6 Å². The van der Waals surface area contributed by atoms with Crippen molar-refractivity contribution in [1.29, 1.82) is 0 Å². The van der Waals surface area contributed by atoms with Crippen LogP contribution in [0, 0.1) is 0 Å². The lowest BCUT2D eigenvalue weighted by atomic mass is 10.2. The van der Waals surface area contributed by atoms with Gasteiger partial charge in [0.05, 0.1) is 25.6 Å². The number of ether oxygens (including phenoxy) is 1. The number of nitrogen functional groups attached to an aromatic ring is 1. The quantitative estimate of drug-likeness (QED) is 0.293. The topological polar surface area (TPSA) is 154 Å². The number of nitrogens with zero attached hydrogens (tertiary/aromatic N) is 3. The minimum atomic E-state index is -3.47. The molecule has 0 bridgehead atoms. The Morgan fingerprint density at radius 2 is 2.10 bits per heavy atom. The molecule has 2 aromatic heterocycles. The number of aromatic nitrogens is 4. The zero-order valence-corrected chi connectivity index (χ0v) is 18.2. The molecule has 0 amide bonds. The van der Waals surface area contributed by atoms with Crippen LogP contribution in [0.4, 0.5) is 5.95 Å². The molecule has 0 saturated heterocycles. The first-order valence-electron chi connectivity index (χ1n) is 9.61. The van der Waals surface area contributed by atoms with Gasteiger partial charge < -0.3 is 19.6 Å². The van der Waals surface area contributed by atoms with Gasteiger partial charge in [-0.1, -0.05) is 30.3 Å². The highest BCUT2D eigenvalue weighted by molar-refractivity contribution is 7.56. The lowest BCUT2D eigenvalue weighted by molar-refractivity contribution is -0.118. The number of aromatic amines is 1. The van der Waals surface area contributed by atoms with E-state index in [-0.39, 0.29) is 36.8 Å². The molecule has 0 aliphatic rings. The van der Waals surface area contributed by atoms with Gasteiger partial charge in [0.1, 0.15) is 12.1 Å². The molecule has 0 radical (unpaired) electrons. The predicted molar refractivity (Wildman–Crippen MR) is 115 cm³/mol. The van der Waals surface area contributed by atoms with Crippen molar-refractivity contribution in [3.63, 3.8) is 0 Å². The van der Waals surface area contributed by atoms with E-state index in [9.17, 15) is 14.2 Å². The Bertz CT molecular complexity index is 1150. The molecule has 0 aliphatic heterocycles. The smallest absolute Gasteiger partial charge is 0.295 e. The molecule has 12 heteroatoms. The molecule has 0 aliphatic carbocycles. The van der Waals surface area contributed by atoms with E-state index >= 15 is 0 Å². The molecule has 3 aromatic rings. The molecule has 3 rings (SSSR count). The molecule has 166 valence electrons. The largest absolute Gasteiger partial charge is 0.369 e.